The summed E-state index contributed by atoms with van der Waals surface area (Å²) in [7, 11) is 0. The summed E-state index contributed by atoms with van der Waals surface area (Å²) in [5.41, 5.74) is 5.43. The maximum atomic E-state index is 13.4. The Labute approximate surface area is 200 Å². The zero-order chi connectivity index (χ0) is 21.8. The molecule has 2 aromatic carbocycles. The van der Waals surface area contributed by atoms with Crippen LogP contribution in [0.2, 0.25) is 5.02 Å². The molecule has 168 valence electrons. The first-order valence-electron chi connectivity index (χ1n) is 10.5. The number of likely N-dealkylation sites (N-methyl/N-ethyl adjacent to an activating group) is 1. The molecule has 3 rings (SSSR count). The van der Waals surface area contributed by atoms with E-state index in [1.807, 2.05) is 30.0 Å². The van der Waals surface area contributed by atoms with Crippen LogP contribution in [-0.2, 0) is 11.2 Å². The van der Waals surface area contributed by atoms with Crippen molar-refractivity contribution in [3.05, 3.63) is 57.6 Å². The molecule has 31 heavy (non-hydrogen) atoms. The molecule has 0 unspecified atom stereocenters. The Morgan fingerprint density at radius 3 is 2.29 bits per heavy atom. The number of rotatable bonds is 8. The monoisotopic (exact) mass is 479 g/mol. The molecule has 0 fully saturated rings. The van der Waals surface area contributed by atoms with Crippen molar-refractivity contribution in [2.75, 3.05) is 31.1 Å². The minimum absolute atomic E-state index is 0. The SMILES string of the molecule is CCN(CC)CCN(C(=O)Cc1ccc(C)c(C)c1)c1nc2c(C)ccc(Cl)c2s1.Cl. The predicted molar refractivity (Wildman–Crippen MR) is 136 cm³/mol. The van der Waals surface area contributed by atoms with E-state index < -0.39 is 0 Å². The number of fused-ring (bicyclic) bond motifs is 1. The Balaban J connectivity index is 0.00000341. The van der Waals surface area contributed by atoms with E-state index in [4.69, 9.17) is 16.6 Å². The van der Waals surface area contributed by atoms with Gasteiger partial charge in [-0.1, -0.05) is 61.1 Å². The number of carbonyl (C=O) groups excluding carboxylic acids is 1. The van der Waals surface area contributed by atoms with E-state index in [1.165, 1.54) is 22.5 Å². The Hall–Kier alpha value is -1.66. The summed E-state index contributed by atoms with van der Waals surface area (Å²) in [6.45, 7) is 13.8. The number of nitrogens with zero attached hydrogens (tertiary/aromatic N) is 3. The second kappa shape index (κ2) is 11.3. The van der Waals surface area contributed by atoms with Crippen LogP contribution in [0.25, 0.3) is 10.2 Å². The average Bonchev–Trinajstić information content (AvgIpc) is 3.17. The number of anilines is 1. The molecular weight excluding hydrogens is 449 g/mol. The molecule has 3 aromatic rings. The van der Waals surface area contributed by atoms with Crippen LogP contribution in [0.15, 0.2) is 30.3 Å². The van der Waals surface area contributed by atoms with Crippen LogP contribution >= 0.6 is 35.3 Å². The van der Waals surface area contributed by atoms with E-state index in [1.54, 1.807) is 0 Å². The lowest BCUT2D eigenvalue weighted by molar-refractivity contribution is -0.118. The van der Waals surface area contributed by atoms with Crippen molar-refractivity contribution in [2.24, 2.45) is 0 Å². The molecule has 1 heterocycles. The first-order valence-corrected chi connectivity index (χ1v) is 11.7. The van der Waals surface area contributed by atoms with Gasteiger partial charge in [-0.15, -0.1) is 12.4 Å². The third-order valence-electron chi connectivity index (χ3n) is 5.68. The average molecular weight is 481 g/mol. The number of hydrogen-bond acceptors (Lipinski definition) is 4. The first kappa shape index (κ1) is 25.6. The molecule has 0 aliphatic rings. The molecule has 7 heteroatoms. The Bertz CT molecular complexity index is 1010. The second-order valence-corrected chi connectivity index (χ2v) is 9.09. The first-order chi connectivity index (χ1) is 14.3. The van der Waals surface area contributed by atoms with Gasteiger partial charge in [0.15, 0.2) is 5.13 Å². The van der Waals surface area contributed by atoms with Gasteiger partial charge in [0.25, 0.3) is 0 Å². The number of carbonyl (C=O) groups is 1. The summed E-state index contributed by atoms with van der Waals surface area (Å²) in [5.74, 6) is 0.0678. The van der Waals surface area contributed by atoms with E-state index in [0.717, 1.165) is 46.1 Å². The van der Waals surface area contributed by atoms with Crippen molar-refractivity contribution in [3.63, 3.8) is 0 Å². The topological polar surface area (TPSA) is 36.4 Å². The third kappa shape index (κ3) is 5.98. The molecule has 0 N–H and O–H groups in total. The van der Waals surface area contributed by atoms with Gasteiger partial charge in [-0.3, -0.25) is 9.69 Å². The summed E-state index contributed by atoms with van der Waals surface area (Å²) in [6.07, 6.45) is 0.363. The summed E-state index contributed by atoms with van der Waals surface area (Å²) < 4.78 is 0.943. The van der Waals surface area contributed by atoms with Crippen LogP contribution in [0.4, 0.5) is 5.13 Å². The summed E-state index contributed by atoms with van der Waals surface area (Å²) in [5, 5.41) is 1.41. The highest BCUT2D eigenvalue weighted by molar-refractivity contribution is 7.23. The fraction of sp³-hybridized carbons (Fsp3) is 0.417. The zero-order valence-electron chi connectivity index (χ0n) is 18.9. The molecule has 1 amide bonds. The van der Waals surface area contributed by atoms with Gasteiger partial charge in [-0.05, 0) is 62.2 Å². The van der Waals surface area contributed by atoms with Crippen LogP contribution in [0.3, 0.4) is 0 Å². The van der Waals surface area contributed by atoms with Gasteiger partial charge < -0.3 is 4.90 Å². The maximum absolute atomic E-state index is 13.4. The van der Waals surface area contributed by atoms with Gasteiger partial charge in [0.2, 0.25) is 5.91 Å². The van der Waals surface area contributed by atoms with Crippen LogP contribution in [0, 0.1) is 20.8 Å². The molecule has 0 spiro atoms. The van der Waals surface area contributed by atoms with E-state index in [-0.39, 0.29) is 18.3 Å². The Kier molecular flexibility index (Phi) is 9.31. The van der Waals surface area contributed by atoms with E-state index in [9.17, 15) is 4.79 Å². The number of benzene rings is 2. The predicted octanol–water partition coefficient (Wildman–Crippen LogP) is 6.21. The molecule has 0 aliphatic carbocycles. The highest BCUT2D eigenvalue weighted by atomic mass is 35.5. The molecule has 0 saturated carbocycles. The molecule has 0 bridgehead atoms. The van der Waals surface area contributed by atoms with Gasteiger partial charge >= 0.3 is 0 Å². The molecule has 0 saturated heterocycles. The van der Waals surface area contributed by atoms with E-state index >= 15 is 0 Å². The lowest BCUT2D eigenvalue weighted by Crippen LogP contribution is -2.39. The fourth-order valence-electron chi connectivity index (χ4n) is 3.50. The van der Waals surface area contributed by atoms with Crippen molar-refractivity contribution >= 4 is 56.6 Å². The lowest BCUT2D eigenvalue weighted by atomic mass is 10.0. The minimum atomic E-state index is 0. The smallest absolute Gasteiger partial charge is 0.233 e. The van der Waals surface area contributed by atoms with Crippen molar-refractivity contribution in [2.45, 2.75) is 41.0 Å². The number of hydrogen-bond donors (Lipinski definition) is 0. The highest BCUT2D eigenvalue weighted by Gasteiger charge is 2.22. The number of thiazole rings is 1. The maximum Gasteiger partial charge on any atom is 0.233 e. The summed E-state index contributed by atoms with van der Waals surface area (Å²) >= 11 is 7.92. The van der Waals surface area contributed by atoms with E-state index in [2.05, 4.69) is 44.7 Å². The van der Waals surface area contributed by atoms with Crippen LogP contribution in [0.1, 0.15) is 36.1 Å². The Morgan fingerprint density at radius 1 is 1.00 bits per heavy atom. The molecule has 0 radical (unpaired) electrons. The quantitative estimate of drug-likeness (QED) is 0.384. The Morgan fingerprint density at radius 2 is 1.68 bits per heavy atom. The van der Waals surface area contributed by atoms with Gasteiger partial charge in [0.05, 0.1) is 21.7 Å². The van der Waals surface area contributed by atoms with Crippen molar-refractivity contribution in [3.8, 4) is 0 Å². The molecule has 0 atom stereocenters. The standard InChI is InChI=1S/C24H30ClN3OS.ClH/c1-6-27(7-2)12-13-28(21(29)15-19-10-8-16(3)18(5)14-19)24-26-22-17(4)9-11-20(25)23(22)30-24;/h8-11,14H,6-7,12-13,15H2,1-5H3;1H. The molecular formula is C24H31Cl2N3OS. The van der Waals surface area contributed by atoms with Gasteiger partial charge in [0.1, 0.15) is 0 Å². The molecule has 4 nitrogen and oxygen atoms in total. The molecule has 1 aromatic heterocycles. The second-order valence-electron chi connectivity index (χ2n) is 7.71. The van der Waals surface area contributed by atoms with E-state index in [0.29, 0.717) is 18.0 Å². The number of amides is 1. The highest BCUT2D eigenvalue weighted by Crippen LogP contribution is 2.35. The van der Waals surface area contributed by atoms with Gasteiger partial charge in [0, 0.05) is 13.1 Å². The minimum Gasteiger partial charge on any atom is -0.302 e. The zero-order valence-corrected chi connectivity index (χ0v) is 21.3. The number of halogens is 2. The molecule has 0 aliphatic heterocycles. The van der Waals surface area contributed by atoms with Crippen molar-refractivity contribution in [1.29, 1.82) is 0 Å². The van der Waals surface area contributed by atoms with Crippen molar-refractivity contribution in [1.82, 2.24) is 9.88 Å². The number of aromatic nitrogens is 1. The largest absolute Gasteiger partial charge is 0.302 e. The van der Waals surface area contributed by atoms with Gasteiger partial charge in [-0.2, -0.15) is 0 Å². The summed E-state index contributed by atoms with van der Waals surface area (Å²) in [4.78, 5) is 22.4. The normalized spacial score (nSPS) is 11.1. The van der Waals surface area contributed by atoms with Crippen molar-refractivity contribution < 1.29 is 4.79 Å². The van der Waals surface area contributed by atoms with Crippen LogP contribution < -0.4 is 4.90 Å². The number of aryl methyl sites for hydroxylation is 3. The van der Waals surface area contributed by atoms with Gasteiger partial charge in [-0.25, -0.2) is 4.98 Å². The van der Waals surface area contributed by atoms with Crippen LogP contribution in [0.5, 0.6) is 0 Å². The van der Waals surface area contributed by atoms with Crippen LogP contribution in [-0.4, -0.2) is 42.0 Å². The summed E-state index contributed by atoms with van der Waals surface area (Å²) in [6, 6.07) is 10.1. The third-order valence-corrected chi connectivity index (χ3v) is 7.22. The lowest BCUT2D eigenvalue weighted by Gasteiger charge is -2.25. The fourth-order valence-corrected chi connectivity index (χ4v) is 4.86.